The second-order valence-corrected chi connectivity index (χ2v) is 6.79. The molecule has 1 fully saturated rings. The predicted octanol–water partition coefficient (Wildman–Crippen LogP) is 3.71. The van der Waals surface area contributed by atoms with Gasteiger partial charge >= 0.3 is 0 Å². The molecule has 112 valence electrons. The van der Waals surface area contributed by atoms with E-state index in [1.54, 1.807) is 12.1 Å². The largest absolute Gasteiger partial charge is 0.465 e. The van der Waals surface area contributed by atoms with Gasteiger partial charge in [0.05, 0.1) is 0 Å². The molecule has 0 N–H and O–H groups in total. The molecule has 0 spiro atoms. The highest BCUT2D eigenvalue weighted by Crippen LogP contribution is 2.49. The summed E-state index contributed by atoms with van der Waals surface area (Å²) in [5, 5.41) is 16.5. The van der Waals surface area contributed by atoms with Crippen LogP contribution >= 0.6 is 0 Å². The minimum Gasteiger partial charge on any atom is -0.465 e. The molecule has 0 unspecified atom stereocenters. The summed E-state index contributed by atoms with van der Waals surface area (Å²) in [6.07, 6.45) is 1.95. The first-order valence-corrected chi connectivity index (χ1v) is 7.47. The van der Waals surface area contributed by atoms with Gasteiger partial charge in [-0.15, -0.1) is 10.2 Å². The van der Waals surface area contributed by atoms with Crippen LogP contribution in [0.1, 0.15) is 50.4 Å². The summed E-state index contributed by atoms with van der Waals surface area (Å²) >= 11 is 0. The van der Waals surface area contributed by atoms with Gasteiger partial charge in [-0.2, -0.15) is 5.26 Å². The van der Waals surface area contributed by atoms with Crippen molar-refractivity contribution in [1.82, 2.24) is 10.2 Å². The quantitative estimate of drug-likeness (QED) is 0.865. The van der Waals surface area contributed by atoms with Gasteiger partial charge in [0.2, 0.25) is 5.88 Å². The van der Waals surface area contributed by atoms with Crippen molar-refractivity contribution < 1.29 is 4.74 Å². The molecule has 22 heavy (non-hydrogen) atoms. The zero-order valence-corrected chi connectivity index (χ0v) is 13.1. The molecule has 1 heterocycles. The fourth-order valence-corrected chi connectivity index (χ4v) is 2.47. The van der Waals surface area contributed by atoms with E-state index in [1.165, 1.54) is 11.1 Å². The highest BCUT2D eigenvalue weighted by Gasteiger charge is 2.47. The first-order chi connectivity index (χ1) is 10.4. The van der Waals surface area contributed by atoms with Gasteiger partial charge in [-0.05, 0) is 35.4 Å². The van der Waals surface area contributed by atoms with Crippen molar-refractivity contribution in [2.24, 2.45) is 0 Å². The van der Waals surface area contributed by atoms with Crippen LogP contribution in [0.2, 0.25) is 0 Å². The van der Waals surface area contributed by atoms with Crippen LogP contribution in [0.25, 0.3) is 0 Å². The van der Waals surface area contributed by atoms with Crippen molar-refractivity contribution in [3.8, 4) is 11.9 Å². The second-order valence-electron chi connectivity index (χ2n) is 6.79. The molecule has 1 aromatic heterocycles. The van der Waals surface area contributed by atoms with Crippen LogP contribution in [0.3, 0.4) is 0 Å². The molecule has 4 heteroatoms. The SMILES string of the molecule is CC(C)(C)c1ccc(C2(Oc3ccc(C#N)nn3)CC2)cc1. The Morgan fingerprint density at radius 2 is 1.73 bits per heavy atom. The molecule has 1 aliphatic carbocycles. The molecule has 0 saturated heterocycles. The standard InChI is InChI=1S/C18H19N3O/c1-17(2,3)13-4-6-14(7-5-13)18(10-11-18)22-16-9-8-15(12-19)20-21-16/h4-9H,10-11H2,1-3H3. The number of rotatable bonds is 3. The average molecular weight is 293 g/mol. The van der Waals surface area contributed by atoms with Crippen LogP contribution in [0, 0.1) is 11.3 Å². The maximum atomic E-state index is 8.75. The van der Waals surface area contributed by atoms with Gasteiger partial charge in [0.1, 0.15) is 11.7 Å². The Kier molecular flexibility index (Phi) is 3.37. The van der Waals surface area contributed by atoms with E-state index in [4.69, 9.17) is 10.00 Å². The lowest BCUT2D eigenvalue weighted by Crippen LogP contribution is -2.17. The van der Waals surface area contributed by atoms with E-state index < -0.39 is 0 Å². The number of nitrogens with zero attached hydrogens (tertiary/aromatic N) is 3. The monoisotopic (exact) mass is 293 g/mol. The van der Waals surface area contributed by atoms with Crippen molar-refractivity contribution in [3.63, 3.8) is 0 Å². The molecule has 3 rings (SSSR count). The van der Waals surface area contributed by atoms with E-state index >= 15 is 0 Å². The van der Waals surface area contributed by atoms with Crippen LogP contribution in [0.4, 0.5) is 0 Å². The first kappa shape index (κ1) is 14.5. The Labute approximate surface area is 130 Å². The number of ether oxygens (including phenoxy) is 1. The van der Waals surface area contributed by atoms with Crippen molar-refractivity contribution in [1.29, 1.82) is 5.26 Å². The number of aromatic nitrogens is 2. The molecule has 1 saturated carbocycles. The number of benzene rings is 1. The summed E-state index contributed by atoms with van der Waals surface area (Å²) in [4.78, 5) is 0. The minimum absolute atomic E-state index is 0.148. The lowest BCUT2D eigenvalue weighted by atomic mass is 9.86. The summed E-state index contributed by atoms with van der Waals surface area (Å²) in [5.74, 6) is 0.469. The molecule has 1 aromatic carbocycles. The molecule has 0 amide bonds. The Morgan fingerprint density at radius 3 is 2.18 bits per heavy atom. The normalized spacial score (nSPS) is 15.9. The Balaban J connectivity index is 1.80. The molecule has 2 aromatic rings. The predicted molar refractivity (Wildman–Crippen MR) is 83.4 cm³/mol. The maximum Gasteiger partial charge on any atom is 0.234 e. The lowest BCUT2D eigenvalue weighted by Gasteiger charge is -2.21. The average Bonchev–Trinajstić information content (AvgIpc) is 3.28. The number of nitriles is 1. The molecular formula is C18H19N3O. The van der Waals surface area contributed by atoms with Crippen LogP contribution in [-0.2, 0) is 11.0 Å². The van der Waals surface area contributed by atoms with E-state index in [1.807, 2.05) is 6.07 Å². The lowest BCUT2D eigenvalue weighted by molar-refractivity contribution is 0.170. The maximum absolute atomic E-state index is 8.75. The van der Waals surface area contributed by atoms with Gasteiger partial charge in [0.25, 0.3) is 0 Å². The van der Waals surface area contributed by atoms with Crippen LogP contribution < -0.4 is 4.74 Å². The van der Waals surface area contributed by atoms with Crippen LogP contribution in [0.15, 0.2) is 36.4 Å². The van der Waals surface area contributed by atoms with Gasteiger partial charge in [-0.3, -0.25) is 0 Å². The van der Waals surface area contributed by atoms with Gasteiger partial charge in [-0.1, -0.05) is 45.0 Å². The molecule has 0 aliphatic heterocycles. The molecule has 0 bridgehead atoms. The second kappa shape index (κ2) is 5.10. The van der Waals surface area contributed by atoms with Crippen molar-refractivity contribution in [2.45, 2.75) is 44.6 Å². The van der Waals surface area contributed by atoms with Gasteiger partial charge in [-0.25, -0.2) is 0 Å². The van der Waals surface area contributed by atoms with Crippen LogP contribution in [-0.4, -0.2) is 10.2 Å². The van der Waals surface area contributed by atoms with Crippen molar-refractivity contribution in [2.75, 3.05) is 0 Å². The third-order valence-corrected chi connectivity index (χ3v) is 4.04. The van der Waals surface area contributed by atoms with Gasteiger partial charge in [0.15, 0.2) is 5.69 Å². The summed E-state index contributed by atoms with van der Waals surface area (Å²) in [6, 6.07) is 13.9. The smallest absolute Gasteiger partial charge is 0.234 e. The molecule has 0 atom stereocenters. The first-order valence-electron chi connectivity index (χ1n) is 7.47. The van der Waals surface area contributed by atoms with Gasteiger partial charge in [0, 0.05) is 6.07 Å². The van der Waals surface area contributed by atoms with E-state index in [-0.39, 0.29) is 11.0 Å². The van der Waals surface area contributed by atoms with Crippen molar-refractivity contribution >= 4 is 0 Å². The third kappa shape index (κ3) is 2.80. The Hall–Kier alpha value is -2.41. The van der Waals surface area contributed by atoms with E-state index in [0.29, 0.717) is 11.6 Å². The molecular weight excluding hydrogens is 274 g/mol. The number of hydrogen-bond acceptors (Lipinski definition) is 4. The van der Waals surface area contributed by atoms with E-state index in [9.17, 15) is 0 Å². The van der Waals surface area contributed by atoms with E-state index in [0.717, 1.165) is 12.8 Å². The Bertz CT molecular complexity index is 702. The van der Waals surface area contributed by atoms with Crippen molar-refractivity contribution in [3.05, 3.63) is 53.2 Å². The zero-order chi connectivity index (χ0) is 15.8. The van der Waals surface area contributed by atoms with Crippen LogP contribution in [0.5, 0.6) is 5.88 Å². The summed E-state index contributed by atoms with van der Waals surface area (Å²) in [7, 11) is 0. The third-order valence-electron chi connectivity index (χ3n) is 4.04. The zero-order valence-electron chi connectivity index (χ0n) is 13.1. The fourth-order valence-electron chi connectivity index (χ4n) is 2.47. The Morgan fingerprint density at radius 1 is 1.05 bits per heavy atom. The summed E-state index contributed by atoms with van der Waals surface area (Å²) in [6.45, 7) is 6.62. The molecule has 0 radical (unpaired) electrons. The topological polar surface area (TPSA) is 58.8 Å². The molecule has 4 nitrogen and oxygen atoms in total. The van der Waals surface area contributed by atoms with Gasteiger partial charge < -0.3 is 4.74 Å². The summed E-state index contributed by atoms with van der Waals surface area (Å²) in [5.41, 5.74) is 2.65. The number of hydrogen-bond donors (Lipinski definition) is 0. The summed E-state index contributed by atoms with van der Waals surface area (Å²) < 4.78 is 6.04. The highest BCUT2D eigenvalue weighted by molar-refractivity contribution is 5.35. The fraction of sp³-hybridized carbons (Fsp3) is 0.389. The minimum atomic E-state index is -0.279. The van der Waals surface area contributed by atoms with E-state index in [2.05, 4.69) is 55.2 Å². The highest BCUT2D eigenvalue weighted by atomic mass is 16.5. The molecule has 1 aliphatic rings.